The summed E-state index contributed by atoms with van der Waals surface area (Å²) < 4.78 is 12.1. The first kappa shape index (κ1) is 23.0. The Bertz CT molecular complexity index is 830. The molecule has 1 aromatic heterocycles. The summed E-state index contributed by atoms with van der Waals surface area (Å²) in [5, 5.41) is 9.25. The summed E-state index contributed by atoms with van der Waals surface area (Å²) in [5.41, 5.74) is 0.923. The smallest absolute Gasteiger partial charge is 0.236 e. The van der Waals surface area contributed by atoms with Crippen LogP contribution in [0.25, 0.3) is 0 Å². The van der Waals surface area contributed by atoms with Crippen LogP contribution < -0.4 is 9.47 Å². The molecular formula is C24H33N3O4. The number of rotatable bonds is 5. The zero-order chi connectivity index (χ0) is 21.9. The van der Waals surface area contributed by atoms with Gasteiger partial charge in [-0.2, -0.15) is 0 Å². The lowest BCUT2D eigenvalue weighted by atomic mass is 10.1. The van der Waals surface area contributed by atoms with Crippen molar-refractivity contribution in [3.8, 4) is 17.4 Å². The molecule has 1 aliphatic rings. The van der Waals surface area contributed by atoms with Gasteiger partial charge < -0.3 is 19.5 Å². The highest BCUT2D eigenvalue weighted by Crippen LogP contribution is 2.32. The Hall–Kier alpha value is -2.64. The van der Waals surface area contributed by atoms with Gasteiger partial charge in [0, 0.05) is 31.4 Å². The van der Waals surface area contributed by atoms with Crippen LogP contribution in [0.3, 0.4) is 0 Å². The molecule has 2 aromatic rings. The average molecular weight is 428 g/mol. The van der Waals surface area contributed by atoms with Gasteiger partial charge in [0.05, 0.1) is 19.8 Å². The Balaban J connectivity index is 1.82. The van der Waals surface area contributed by atoms with Crippen LogP contribution in [0.1, 0.15) is 38.2 Å². The second-order valence-electron chi connectivity index (χ2n) is 7.69. The van der Waals surface area contributed by atoms with E-state index < -0.39 is 0 Å². The third-order valence-corrected chi connectivity index (χ3v) is 5.39. The standard InChI is InChI=1S/C24H33N3O4/c1-2-27(15-16-28)23(29)19-26-14-7-3-4-8-17-30-21-11-5-6-12-22(21)31-24-20(18-26)10-9-13-25-24/h5-6,9-13,28H,2-4,7-8,14-19H2,1H3. The molecule has 0 atom stereocenters. The van der Waals surface area contributed by atoms with Gasteiger partial charge in [-0.05, 0) is 44.5 Å². The quantitative estimate of drug-likeness (QED) is 0.788. The van der Waals surface area contributed by atoms with Crippen LogP contribution in [0.15, 0.2) is 42.6 Å². The molecule has 0 saturated heterocycles. The van der Waals surface area contributed by atoms with Gasteiger partial charge in [-0.1, -0.05) is 31.0 Å². The fourth-order valence-corrected chi connectivity index (χ4v) is 3.69. The number of benzene rings is 1. The van der Waals surface area contributed by atoms with Gasteiger partial charge >= 0.3 is 0 Å². The van der Waals surface area contributed by atoms with Crippen molar-refractivity contribution in [3.63, 3.8) is 0 Å². The lowest BCUT2D eigenvalue weighted by Gasteiger charge is -2.27. The molecule has 3 rings (SSSR count). The monoisotopic (exact) mass is 427 g/mol. The lowest BCUT2D eigenvalue weighted by molar-refractivity contribution is -0.132. The van der Waals surface area contributed by atoms with Crippen LogP contribution in [0.2, 0.25) is 0 Å². The Morgan fingerprint density at radius 1 is 1.13 bits per heavy atom. The summed E-state index contributed by atoms with van der Waals surface area (Å²) >= 11 is 0. The van der Waals surface area contributed by atoms with E-state index in [4.69, 9.17) is 9.47 Å². The molecule has 1 N–H and O–H groups in total. The number of aliphatic hydroxyl groups is 1. The van der Waals surface area contributed by atoms with Crippen molar-refractivity contribution in [3.05, 3.63) is 48.2 Å². The molecule has 1 aliphatic heterocycles. The Morgan fingerprint density at radius 3 is 2.74 bits per heavy atom. The molecule has 0 bridgehead atoms. The van der Waals surface area contributed by atoms with Gasteiger partial charge in [0.1, 0.15) is 0 Å². The number of hydrogen-bond donors (Lipinski definition) is 1. The molecule has 1 aromatic carbocycles. The molecule has 0 unspecified atom stereocenters. The molecule has 7 heteroatoms. The predicted molar refractivity (Wildman–Crippen MR) is 119 cm³/mol. The number of amides is 1. The first-order chi connectivity index (χ1) is 15.2. The summed E-state index contributed by atoms with van der Waals surface area (Å²) in [7, 11) is 0. The average Bonchev–Trinajstić information content (AvgIpc) is 2.78. The van der Waals surface area contributed by atoms with Crippen LogP contribution in [0.5, 0.6) is 17.4 Å². The van der Waals surface area contributed by atoms with Crippen LogP contribution in [-0.4, -0.2) is 65.2 Å². The second-order valence-corrected chi connectivity index (χ2v) is 7.69. The highest BCUT2D eigenvalue weighted by molar-refractivity contribution is 5.78. The molecule has 2 heterocycles. The second kappa shape index (κ2) is 12.3. The minimum absolute atomic E-state index is 0.0261. The zero-order valence-electron chi connectivity index (χ0n) is 18.3. The zero-order valence-corrected chi connectivity index (χ0v) is 18.3. The summed E-state index contributed by atoms with van der Waals surface area (Å²) in [6, 6.07) is 11.5. The van der Waals surface area contributed by atoms with Gasteiger partial charge in [-0.15, -0.1) is 0 Å². The van der Waals surface area contributed by atoms with Crippen LogP contribution in [0, 0.1) is 0 Å². The number of pyridine rings is 1. The molecule has 7 nitrogen and oxygen atoms in total. The SMILES string of the molecule is CCN(CCO)C(=O)CN1CCCCCCOc2ccccc2Oc2ncccc2C1. The van der Waals surface area contributed by atoms with E-state index in [-0.39, 0.29) is 12.5 Å². The predicted octanol–water partition coefficient (Wildman–Crippen LogP) is 3.47. The highest BCUT2D eigenvalue weighted by Gasteiger charge is 2.19. The maximum Gasteiger partial charge on any atom is 0.236 e. The molecule has 0 radical (unpaired) electrons. The number of carbonyl (C=O) groups is 1. The topological polar surface area (TPSA) is 75.1 Å². The summed E-state index contributed by atoms with van der Waals surface area (Å²) in [6.45, 7) is 5.19. The molecule has 0 spiro atoms. The number of aliphatic hydroxyl groups excluding tert-OH is 1. The minimum atomic E-state index is -0.0261. The molecule has 1 amide bonds. The van der Waals surface area contributed by atoms with Crippen LogP contribution in [0.4, 0.5) is 0 Å². The number of aromatic nitrogens is 1. The van der Waals surface area contributed by atoms with E-state index >= 15 is 0 Å². The van der Waals surface area contributed by atoms with Crippen molar-refractivity contribution in [2.24, 2.45) is 0 Å². The van der Waals surface area contributed by atoms with Crippen molar-refractivity contribution in [2.75, 3.05) is 39.4 Å². The number of fused-ring (bicyclic) bond motifs is 2. The van der Waals surface area contributed by atoms with Gasteiger partial charge in [0.15, 0.2) is 11.5 Å². The fourth-order valence-electron chi connectivity index (χ4n) is 3.69. The van der Waals surface area contributed by atoms with Crippen LogP contribution in [-0.2, 0) is 11.3 Å². The van der Waals surface area contributed by atoms with Gasteiger partial charge in [0.25, 0.3) is 0 Å². The van der Waals surface area contributed by atoms with Gasteiger partial charge in [0.2, 0.25) is 11.8 Å². The number of carbonyl (C=O) groups excluding carboxylic acids is 1. The van der Waals surface area contributed by atoms with E-state index in [1.165, 1.54) is 0 Å². The largest absolute Gasteiger partial charge is 0.490 e. The van der Waals surface area contributed by atoms with Crippen molar-refractivity contribution < 1.29 is 19.4 Å². The molecular weight excluding hydrogens is 394 g/mol. The highest BCUT2D eigenvalue weighted by atomic mass is 16.5. The Morgan fingerprint density at radius 2 is 1.94 bits per heavy atom. The Kier molecular flexibility index (Phi) is 9.12. The van der Waals surface area contributed by atoms with Gasteiger partial charge in [-0.3, -0.25) is 9.69 Å². The van der Waals surface area contributed by atoms with Gasteiger partial charge in [-0.25, -0.2) is 4.98 Å². The van der Waals surface area contributed by atoms with Crippen LogP contribution >= 0.6 is 0 Å². The number of para-hydroxylation sites is 2. The van der Waals surface area contributed by atoms with E-state index in [9.17, 15) is 9.90 Å². The van der Waals surface area contributed by atoms with E-state index in [2.05, 4.69) is 9.88 Å². The maximum atomic E-state index is 12.8. The number of nitrogens with zero attached hydrogens (tertiary/aromatic N) is 3. The molecule has 0 aliphatic carbocycles. The summed E-state index contributed by atoms with van der Waals surface area (Å²) in [6.07, 6.45) is 5.85. The number of likely N-dealkylation sites (N-methyl/N-ethyl adjacent to an activating group) is 1. The molecule has 168 valence electrons. The van der Waals surface area contributed by atoms with Crippen molar-refractivity contribution in [1.82, 2.24) is 14.8 Å². The molecule has 0 fully saturated rings. The fraction of sp³-hybridized carbons (Fsp3) is 0.500. The van der Waals surface area contributed by atoms with E-state index in [0.29, 0.717) is 50.2 Å². The van der Waals surface area contributed by atoms with Crippen molar-refractivity contribution in [1.29, 1.82) is 0 Å². The normalized spacial score (nSPS) is 15.5. The lowest BCUT2D eigenvalue weighted by Crippen LogP contribution is -2.41. The van der Waals surface area contributed by atoms with Crippen molar-refractivity contribution in [2.45, 2.75) is 39.2 Å². The summed E-state index contributed by atoms with van der Waals surface area (Å²) in [4.78, 5) is 21.1. The first-order valence-corrected chi connectivity index (χ1v) is 11.2. The third kappa shape index (κ3) is 6.94. The molecule has 31 heavy (non-hydrogen) atoms. The summed E-state index contributed by atoms with van der Waals surface area (Å²) in [5.74, 6) is 1.91. The minimum Gasteiger partial charge on any atom is -0.490 e. The Labute approximate surface area is 184 Å². The van der Waals surface area contributed by atoms with E-state index in [1.807, 2.05) is 43.3 Å². The third-order valence-electron chi connectivity index (χ3n) is 5.39. The van der Waals surface area contributed by atoms with E-state index in [0.717, 1.165) is 37.8 Å². The van der Waals surface area contributed by atoms with E-state index in [1.54, 1.807) is 11.1 Å². The number of ether oxygens (including phenoxy) is 2. The van der Waals surface area contributed by atoms with Crippen molar-refractivity contribution >= 4 is 5.91 Å². The molecule has 0 saturated carbocycles. The number of hydrogen-bond acceptors (Lipinski definition) is 6. The first-order valence-electron chi connectivity index (χ1n) is 11.2. The maximum absolute atomic E-state index is 12.8.